The fraction of sp³-hybridized carbons (Fsp3) is 0. The van der Waals surface area contributed by atoms with Crippen LogP contribution < -0.4 is 0 Å². The van der Waals surface area contributed by atoms with Crippen LogP contribution in [0.15, 0.2) is 72.3 Å². The van der Waals surface area contributed by atoms with Crippen LogP contribution in [0.2, 0.25) is 0 Å². The molecule has 2 aromatic rings. The summed E-state index contributed by atoms with van der Waals surface area (Å²) in [5.74, 6) is -1.25. The van der Waals surface area contributed by atoms with Gasteiger partial charge in [-0.2, -0.15) is 5.26 Å². The van der Waals surface area contributed by atoms with E-state index in [4.69, 9.17) is 5.26 Å². The van der Waals surface area contributed by atoms with Crippen LogP contribution in [0.4, 0.5) is 4.39 Å². The van der Waals surface area contributed by atoms with Crippen LogP contribution in [0, 0.1) is 17.1 Å². The summed E-state index contributed by atoms with van der Waals surface area (Å²) < 4.78 is 13.5. The standard InChI is InChI=1S/C18H12FNO/c19-17-12-5-4-11-16(17)18(21)15(13-20)10-6-9-14-7-2-1-3-8-14/h1-12H/b9-6+,15-10+. The lowest BCUT2D eigenvalue weighted by atomic mass is 10.0. The minimum absolute atomic E-state index is 0.0987. The van der Waals surface area contributed by atoms with Gasteiger partial charge in [-0.1, -0.05) is 54.6 Å². The Morgan fingerprint density at radius 2 is 1.71 bits per heavy atom. The van der Waals surface area contributed by atoms with Crippen molar-refractivity contribution in [1.82, 2.24) is 0 Å². The highest BCUT2D eigenvalue weighted by Crippen LogP contribution is 2.12. The number of halogens is 1. The quantitative estimate of drug-likeness (QED) is 0.364. The fourth-order valence-electron chi connectivity index (χ4n) is 1.77. The Kier molecular flexibility index (Phi) is 4.79. The van der Waals surface area contributed by atoms with Gasteiger partial charge < -0.3 is 0 Å². The molecule has 0 amide bonds. The number of carbonyl (C=O) groups is 1. The van der Waals surface area contributed by atoms with E-state index in [2.05, 4.69) is 0 Å². The molecule has 0 N–H and O–H groups in total. The van der Waals surface area contributed by atoms with E-state index < -0.39 is 11.6 Å². The van der Waals surface area contributed by atoms with Crippen molar-refractivity contribution < 1.29 is 9.18 Å². The number of hydrogen-bond acceptors (Lipinski definition) is 2. The Balaban J connectivity index is 2.22. The van der Waals surface area contributed by atoms with Crippen molar-refractivity contribution in [3.8, 4) is 6.07 Å². The summed E-state index contributed by atoms with van der Waals surface area (Å²) in [5, 5.41) is 9.05. The van der Waals surface area contributed by atoms with Gasteiger partial charge in [-0.05, 0) is 23.8 Å². The highest BCUT2D eigenvalue weighted by molar-refractivity contribution is 6.11. The second kappa shape index (κ2) is 6.97. The number of nitrogens with zero attached hydrogens (tertiary/aromatic N) is 1. The molecule has 0 spiro atoms. The molecule has 21 heavy (non-hydrogen) atoms. The van der Waals surface area contributed by atoms with Gasteiger partial charge in [0, 0.05) is 0 Å². The maximum Gasteiger partial charge on any atom is 0.206 e. The van der Waals surface area contributed by atoms with Crippen molar-refractivity contribution in [2.75, 3.05) is 0 Å². The van der Waals surface area contributed by atoms with E-state index in [1.165, 1.54) is 24.3 Å². The number of ketones is 1. The Hall–Kier alpha value is -2.99. The Bertz CT molecular complexity index is 739. The lowest BCUT2D eigenvalue weighted by molar-refractivity contribution is 0.103. The van der Waals surface area contributed by atoms with E-state index in [1.54, 1.807) is 18.2 Å². The summed E-state index contributed by atoms with van der Waals surface area (Å²) >= 11 is 0. The van der Waals surface area contributed by atoms with Gasteiger partial charge >= 0.3 is 0 Å². The SMILES string of the molecule is N#C/C(=C\C=C\c1ccccc1)C(=O)c1ccccc1F. The van der Waals surface area contributed by atoms with E-state index in [0.29, 0.717) is 0 Å². The third-order valence-corrected chi connectivity index (χ3v) is 2.83. The van der Waals surface area contributed by atoms with E-state index >= 15 is 0 Å². The minimum atomic E-state index is -0.629. The molecular weight excluding hydrogens is 265 g/mol. The largest absolute Gasteiger partial charge is 0.288 e. The molecule has 0 atom stereocenters. The number of benzene rings is 2. The molecule has 0 bridgehead atoms. The molecule has 0 heterocycles. The molecule has 0 unspecified atom stereocenters. The topological polar surface area (TPSA) is 40.9 Å². The van der Waals surface area contributed by atoms with Gasteiger partial charge in [-0.15, -0.1) is 0 Å². The monoisotopic (exact) mass is 277 g/mol. The van der Waals surface area contributed by atoms with Crippen LogP contribution in [0.3, 0.4) is 0 Å². The van der Waals surface area contributed by atoms with E-state index in [1.807, 2.05) is 36.4 Å². The summed E-state index contributed by atoms with van der Waals surface area (Å²) in [6.45, 7) is 0. The van der Waals surface area contributed by atoms with Gasteiger partial charge in [-0.3, -0.25) is 4.79 Å². The van der Waals surface area contributed by atoms with Gasteiger partial charge in [0.2, 0.25) is 5.78 Å². The molecule has 0 aromatic heterocycles. The second-order valence-electron chi connectivity index (χ2n) is 4.27. The molecular formula is C18H12FNO. The Labute approximate surface area is 122 Å². The molecule has 0 radical (unpaired) electrons. The third-order valence-electron chi connectivity index (χ3n) is 2.83. The average Bonchev–Trinajstić information content (AvgIpc) is 2.52. The molecule has 0 aliphatic heterocycles. The average molecular weight is 277 g/mol. The zero-order chi connectivity index (χ0) is 15.1. The molecule has 0 aliphatic carbocycles. The molecule has 2 rings (SSSR count). The van der Waals surface area contributed by atoms with Gasteiger partial charge in [-0.25, -0.2) is 4.39 Å². The minimum Gasteiger partial charge on any atom is -0.288 e. The predicted molar refractivity (Wildman–Crippen MR) is 79.9 cm³/mol. The van der Waals surface area contributed by atoms with Crippen LogP contribution in [-0.4, -0.2) is 5.78 Å². The van der Waals surface area contributed by atoms with Crippen LogP contribution in [0.1, 0.15) is 15.9 Å². The zero-order valence-electron chi connectivity index (χ0n) is 11.2. The predicted octanol–water partition coefficient (Wildman–Crippen LogP) is 4.17. The molecule has 102 valence electrons. The molecule has 0 saturated heterocycles. The maximum atomic E-state index is 13.5. The number of rotatable bonds is 4. The van der Waals surface area contributed by atoms with Crippen LogP contribution >= 0.6 is 0 Å². The van der Waals surface area contributed by atoms with Crippen molar-refractivity contribution in [2.45, 2.75) is 0 Å². The lowest BCUT2D eigenvalue weighted by Gasteiger charge is -1.99. The van der Waals surface area contributed by atoms with Crippen molar-refractivity contribution in [2.24, 2.45) is 0 Å². The first-order valence-electron chi connectivity index (χ1n) is 6.35. The Morgan fingerprint density at radius 1 is 1.05 bits per heavy atom. The maximum absolute atomic E-state index is 13.5. The molecule has 2 aromatic carbocycles. The van der Waals surface area contributed by atoms with Crippen molar-refractivity contribution >= 4 is 11.9 Å². The van der Waals surface area contributed by atoms with Gasteiger partial charge in [0.1, 0.15) is 17.5 Å². The Morgan fingerprint density at radius 3 is 2.38 bits per heavy atom. The van der Waals surface area contributed by atoms with E-state index in [-0.39, 0.29) is 11.1 Å². The van der Waals surface area contributed by atoms with E-state index in [9.17, 15) is 9.18 Å². The molecule has 3 heteroatoms. The van der Waals surface area contributed by atoms with E-state index in [0.717, 1.165) is 5.56 Å². The fourth-order valence-corrected chi connectivity index (χ4v) is 1.77. The lowest BCUT2D eigenvalue weighted by Crippen LogP contribution is -2.04. The van der Waals surface area contributed by atoms with Crippen LogP contribution in [-0.2, 0) is 0 Å². The normalized spacial score (nSPS) is 11.3. The highest BCUT2D eigenvalue weighted by atomic mass is 19.1. The van der Waals surface area contributed by atoms with Gasteiger partial charge in [0.25, 0.3) is 0 Å². The first kappa shape index (κ1) is 14.4. The van der Waals surface area contributed by atoms with Crippen LogP contribution in [0.5, 0.6) is 0 Å². The molecule has 2 nitrogen and oxygen atoms in total. The van der Waals surface area contributed by atoms with Gasteiger partial charge in [0.05, 0.1) is 5.56 Å². The highest BCUT2D eigenvalue weighted by Gasteiger charge is 2.14. The third kappa shape index (κ3) is 3.74. The van der Waals surface area contributed by atoms with Gasteiger partial charge in [0.15, 0.2) is 0 Å². The molecule has 0 aliphatic rings. The summed E-state index contributed by atoms with van der Waals surface area (Å²) in [7, 11) is 0. The van der Waals surface area contributed by atoms with Crippen molar-refractivity contribution in [3.05, 3.63) is 89.3 Å². The summed E-state index contributed by atoms with van der Waals surface area (Å²) in [4.78, 5) is 12.1. The molecule has 0 saturated carbocycles. The number of hydrogen-bond donors (Lipinski definition) is 0. The second-order valence-corrected chi connectivity index (χ2v) is 4.27. The van der Waals surface area contributed by atoms with Crippen molar-refractivity contribution in [1.29, 1.82) is 5.26 Å². The zero-order valence-corrected chi connectivity index (χ0v) is 11.2. The number of nitriles is 1. The summed E-state index contributed by atoms with van der Waals surface area (Å²) in [5.41, 5.74) is 0.745. The number of Topliss-reactive ketones (excluding diaryl/α,β-unsaturated/α-hetero) is 1. The van der Waals surface area contributed by atoms with Crippen molar-refractivity contribution in [3.63, 3.8) is 0 Å². The molecule has 0 fully saturated rings. The first-order chi connectivity index (χ1) is 10.2. The summed E-state index contributed by atoms with van der Waals surface area (Å²) in [6.07, 6.45) is 4.76. The number of allylic oxidation sites excluding steroid dienone is 3. The first-order valence-corrected chi connectivity index (χ1v) is 6.35. The number of carbonyl (C=O) groups excluding carboxylic acids is 1. The smallest absolute Gasteiger partial charge is 0.206 e. The summed E-state index contributed by atoms with van der Waals surface area (Å²) in [6, 6.07) is 16.9. The van der Waals surface area contributed by atoms with Crippen LogP contribution in [0.25, 0.3) is 6.08 Å².